The number of halogens is 1. The van der Waals surface area contributed by atoms with Crippen LogP contribution < -0.4 is 5.73 Å². The van der Waals surface area contributed by atoms with Gasteiger partial charge in [0.2, 0.25) is 0 Å². The van der Waals surface area contributed by atoms with Crippen LogP contribution in [0.3, 0.4) is 0 Å². The third-order valence-corrected chi connectivity index (χ3v) is 2.64. The zero-order valence-corrected chi connectivity index (χ0v) is 10.6. The molecule has 0 aliphatic heterocycles. The first kappa shape index (κ1) is 12.0. The standard InChI is InChI=1S/C11H14BrNO2/c1-11(2,3)8-5-6(12)4-7(9(8)13)10(14)15/h4-5H,13H2,1-3H3,(H,14,15). The fourth-order valence-corrected chi connectivity index (χ4v) is 1.87. The van der Waals surface area contributed by atoms with Crippen LogP contribution >= 0.6 is 15.9 Å². The van der Waals surface area contributed by atoms with Gasteiger partial charge in [-0.25, -0.2) is 4.79 Å². The third kappa shape index (κ3) is 2.50. The molecule has 0 fully saturated rings. The maximum absolute atomic E-state index is 11.0. The molecule has 0 amide bonds. The fraction of sp³-hybridized carbons (Fsp3) is 0.364. The Kier molecular flexibility index (Phi) is 3.09. The molecule has 0 aliphatic carbocycles. The quantitative estimate of drug-likeness (QED) is 0.772. The molecule has 0 aliphatic rings. The van der Waals surface area contributed by atoms with E-state index in [2.05, 4.69) is 15.9 Å². The maximum atomic E-state index is 11.0. The summed E-state index contributed by atoms with van der Waals surface area (Å²) >= 11 is 3.29. The van der Waals surface area contributed by atoms with Gasteiger partial charge in [-0.05, 0) is 23.1 Å². The third-order valence-electron chi connectivity index (χ3n) is 2.18. The first-order valence-electron chi connectivity index (χ1n) is 4.56. The van der Waals surface area contributed by atoms with Crippen LogP contribution in [0.2, 0.25) is 0 Å². The van der Waals surface area contributed by atoms with Crippen LogP contribution in [0.15, 0.2) is 16.6 Å². The second-order valence-electron chi connectivity index (χ2n) is 4.47. The van der Waals surface area contributed by atoms with Gasteiger partial charge < -0.3 is 10.8 Å². The number of anilines is 1. The van der Waals surface area contributed by atoms with Gasteiger partial charge in [-0.2, -0.15) is 0 Å². The van der Waals surface area contributed by atoms with Crippen LogP contribution in [0.5, 0.6) is 0 Å². The van der Waals surface area contributed by atoms with E-state index in [1.807, 2.05) is 26.8 Å². The van der Waals surface area contributed by atoms with E-state index in [0.717, 1.165) is 10.0 Å². The molecule has 1 aromatic rings. The van der Waals surface area contributed by atoms with Gasteiger partial charge in [-0.1, -0.05) is 36.7 Å². The average molecular weight is 272 g/mol. The molecule has 0 heterocycles. The van der Waals surface area contributed by atoms with Crippen LogP contribution in [0.1, 0.15) is 36.7 Å². The highest BCUT2D eigenvalue weighted by Gasteiger charge is 2.21. The van der Waals surface area contributed by atoms with E-state index < -0.39 is 5.97 Å². The lowest BCUT2D eigenvalue weighted by Gasteiger charge is -2.22. The summed E-state index contributed by atoms with van der Waals surface area (Å²) in [7, 11) is 0. The molecule has 82 valence electrons. The molecule has 0 unspecified atom stereocenters. The summed E-state index contributed by atoms with van der Waals surface area (Å²) in [5.41, 5.74) is 7.00. The number of nitrogen functional groups attached to an aromatic ring is 1. The van der Waals surface area contributed by atoms with E-state index in [9.17, 15) is 4.79 Å². The number of hydrogen-bond acceptors (Lipinski definition) is 2. The second kappa shape index (κ2) is 3.85. The Morgan fingerprint density at radius 3 is 2.33 bits per heavy atom. The minimum atomic E-state index is -1.00. The van der Waals surface area contributed by atoms with Gasteiger partial charge >= 0.3 is 5.97 Å². The van der Waals surface area contributed by atoms with E-state index in [1.54, 1.807) is 0 Å². The lowest BCUT2D eigenvalue weighted by atomic mass is 9.84. The lowest BCUT2D eigenvalue weighted by molar-refractivity contribution is 0.0698. The van der Waals surface area contributed by atoms with E-state index >= 15 is 0 Å². The van der Waals surface area contributed by atoms with Gasteiger partial charge in [-0.3, -0.25) is 0 Å². The number of aromatic carboxylic acids is 1. The molecule has 3 nitrogen and oxygen atoms in total. The van der Waals surface area contributed by atoms with Crippen molar-refractivity contribution in [2.45, 2.75) is 26.2 Å². The van der Waals surface area contributed by atoms with Gasteiger partial charge in [0.1, 0.15) is 0 Å². The molecule has 15 heavy (non-hydrogen) atoms. The summed E-state index contributed by atoms with van der Waals surface area (Å²) in [6.45, 7) is 5.99. The zero-order chi connectivity index (χ0) is 11.8. The summed E-state index contributed by atoms with van der Waals surface area (Å²) in [5.74, 6) is -1.00. The second-order valence-corrected chi connectivity index (χ2v) is 5.39. The first-order valence-corrected chi connectivity index (χ1v) is 5.35. The van der Waals surface area contributed by atoms with Crippen LogP contribution in [0.4, 0.5) is 5.69 Å². The smallest absolute Gasteiger partial charge is 0.337 e. The molecule has 4 heteroatoms. The summed E-state index contributed by atoms with van der Waals surface area (Å²) in [6, 6.07) is 3.38. The van der Waals surface area contributed by atoms with Crippen molar-refractivity contribution in [1.29, 1.82) is 0 Å². The molecule has 0 atom stereocenters. The number of carbonyl (C=O) groups is 1. The molecule has 1 aromatic carbocycles. The predicted molar refractivity (Wildman–Crippen MR) is 64.2 cm³/mol. The van der Waals surface area contributed by atoms with Gasteiger partial charge in [0.25, 0.3) is 0 Å². The summed E-state index contributed by atoms with van der Waals surface area (Å²) in [6.07, 6.45) is 0. The Labute approximate surface area is 97.4 Å². The Morgan fingerprint density at radius 1 is 1.40 bits per heavy atom. The van der Waals surface area contributed by atoms with Gasteiger partial charge in [0.05, 0.1) is 5.56 Å². The molecule has 0 spiro atoms. The van der Waals surface area contributed by atoms with Gasteiger partial charge in [-0.15, -0.1) is 0 Å². The molecule has 0 radical (unpaired) electrons. The summed E-state index contributed by atoms with van der Waals surface area (Å²) in [4.78, 5) is 11.0. The minimum Gasteiger partial charge on any atom is -0.478 e. The van der Waals surface area contributed by atoms with E-state index in [1.165, 1.54) is 6.07 Å². The fourth-order valence-electron chi connectivity index (χ4n) is 1.42. The van der Waals surface area contributed by atoms with Crippen molar-refractivity contribution in [2.75, 3.05) is 5.73 Å². The van der Waals surface area contributed by atoms with E-state index in [0.29, 0.717) is 5.69 Å². The molecule has 0 aromatic heterocycles. The molecule has 0 saturated carbocycles. The highest BCUT2D eigenvalue weighted by atomic mass is 79.9. The van der Waals surface area contributed by atoms with Crippen molar-refractivity contribution in [2.24, 2.45) is 0 Å². The molecular weight excluding hydrogens is 258 g/mol. The zero-order valence-electron chi connectivity index (χ0n) is 8.97. The van der Waals surface area contributed by atoms with E-state index in [4.69, 9.17) is 10.8 Å². The average Bonchev–Trinajstić information content (AvgIpc) is 2.06. The Hall–Kier alpha value is -1.03. The molecule has 0 bridgehead atoms. The van der Waals surface area contributed by atoms with Crippen LogP contribution in [-0.2, 0) is 5.41 Å². The molecule has 1 rings (SSSR count). The Balaban J connectivity index is 3.49. The normalized spacial score (nSPS) is 11.5. The highest BCUT2D eigenvalue weighted by molar-refractivity contribution is 9.10. The Bertz CT molecular complexity index is 408. The number of carboxylic acid groups (broad SMARTS) is 1. The largest absolute Gasteiger partial charge is 0.478 e. The molecule has 3 N–H and O–H groups in total. The summed E-state index contributed by atoms with van der Waals surface area (Å²) in [5, 5.41) is 8.98. The molecular formula is C11H14BrNO2. The number of benzene rings is 1. The highest BCUT2D eigenvalue weighted by Crippen LogP contribution is 2.33. The van der Waals surface area contributed by atoms with Crippen LogP contribution in [-0.4, -0.2) is 11.1 Å². The number of rotatable bonds is 1. The lowest BCUT2D eigenvalue weighted by Crippen LogP contribution is -2.16. The predicted octanol–water partition coefficient (Wildman–Crippen LogP) is 3.03. The monoisotopic (exact) mass is 271 g/mol. The summed E-state index contributed by atoms with van der Waals surface area (Å²) < 4.78 is 0.735. The van der Waals surface area contributed by atoms with Crippen molar-refractivity contribution in [3.63, 3.8) is 0 Å². The SMILES string of the molecule is CC(C)(C)c1cc(Br)cc(C(=O)O)c1N. The van der Waals surface area contributed by atoms with Crippen molar-refractivity contribution in [3.8, 4) is 0 Å². The molecule has 0 saturated heterocycles. The number of hydrogen-bond donors (Lipinski definition) is 2. The van der Waals surface area contributed by atoms with E-state index in [-0.39, 0.29) is 11.0 Å². The number of carboxylic acids is 1. The van der Waals surface area contributed by atoms with Crippen molar-refractivity contribution < 1.29 is 9.90 Å². The van der Waals surface area contributed by atoms with Gasteiger partial charge in [0.15, 0.2) is 0 Å². The van der Waals surface area contributed by atoms with Crippen LogP contribution in [0.25, 0.3) is 0 Å². The number of nitrogens with two attached hydrogens (primary N) is 1. The van der Waals surface area contributed by atoms with Crippen LogP contribution in [0, 0.1) is 0 Å². The van der Waals surface area contributed by atoms with Gasteiger partial charge in [0, 0.05) is 10.2 Å². The van der Waals surface area contributed by atoms with Crippen molar-refractivity contribution >= 4 is 27.6 Å². The Morgan fingerprint density at radius 2 is 1.93 bits per heavy atom. The van der Waals surface area contributed by atoms with Crippen molar-refractivity contribution in [3.05, 3.63) is 27.7 Å². The first-order chi connectivity index (χ1) is 6.73. The minimum absolute atomic E-state index is 0.148. The topological polar surface area (TPSA) is 63.3 Å². The maximum Gasteiger partial charge on any atom is 0.337 e. The van der Waals surface area contributed by atoms with Crippen molar-refractivity contribution in [1.82, 2.24) is 0 Å².